The van der Waals surface area contributed by atoms with Gasteiger partial charge in [-0.2, -0.15) is 0 Å². The van der Waals surface area contributed by atoms with Crippen LogP contribution in [0.4, 0.5) is 0 Å². The topological polar surface area (TPSA) is 144 Å². The smallest absolute Gasteiger partial charge is 0.402 e. The zero-order valence-corrected chi connectivity index (χ0v) is 4.66. The molecular formula is CH8CoO6. The summed E-state index contributed by atoms with van der Waals surface area (Å²) in [6.07, 6.45) is -3.50. The third kappa shape index (κ3) is 2450. The molecule has 0 rings (SSSR count). The van der Waals surface area contributed by atoms with Crippen molar-refractivity contribution in [2.24, 2.45) is 0 Å². The van der Waals surface area contributed by atoms with Gasteiger partial charge in [0.15, 0.2) is 0 Å². The van der Waals surface area contributed by atoms with Crippen molar-refractivity contribution in [1.29, 1.82) is 0 Å². The maximum Gasteiger partial charge on any atom is 0.402 e. The molecular weight excluding hydrogens is 167 g/mol. The molecule has 8 heavy (non-hydrogen) atoms. The van der Waals surface area contributed by atoms with E-state index >= 15 is 0 Å². The first-order valence-corrected chi connectivity index (χ1v) is 0.894. The molecule has 0 aliphatic heterocycles. The van der Waals surface area contributed by atoms with Crippen molar-refractivity contribution < 1.29 is 48.2 Å². The minimum absolute atomic E-state index is 0. The van der Waals surface area contributed by atoms with Gasteiger partial charge in [0.2, 0.25) is 0 Å². The number of hydrogen-bond donors (Lipinski definition) is 4. The first-order valence-electron chi connectivity index (χ1n) is 0.894. The van der Waals surface area contributed by atoms with Crippen LogP contribution in [0.3, 0.4) is 0 Å². The Balaban J connectivity index is -0.0000000267. The predicted octanol–water partition coefficient (Wildman–Crippen LogP) is -4.08. The Hall–Kier alpha value is 0.266. The van der Waals surface area contributed by atoms with Gasteiger partial charge in [-0.1, -0.05) is 0 Å². The number of hydrogen-bond acceptors (Lipinski definition) is 4. The van der Waals surface area contributed by atoms with E-state index in [1.54, 1.807) is 0 Å². The van der Waals surface area contributed by atoms with Crippen molar-refractivity contribution in [2.75, 3.05) is 0 Å². The summed E-state index contributed by atoms with van der Waals surface area (Å²) in [5.41, 5.74) is 0. The summed E-state index contributed by atoms with van der Waals surface area (Å²) < 4.78 is 0. The van der Waals surface area contributed by atoms with E-state index in [2.05, 4.69) is 0 Å². The summed E-state index contributed by atoms with van der Waals surface area (Å²) in [5.74, 6) is 0. The molecule has 0 amide bonds. The first-order chi connectivity index (χ1) is 2.00. The van der Waals surface area contributed by atoms with Crippen LogP contribution >= 0.6 is 0 Å². The Bertz CT molecular complexity index is 24.0. The molecule has 0 atom stereocenters. The summed E-state index contributed by atoms with van der Waals surface area (Å²) in [4.78, 5) is 0. The molecule has 6 nitrogen and oxygen atoms in total. The van der Waals surface area contributed by atoms with E-state index < -0.39 is 6.16 Å². The van der Waals surface area contributed by atoms with Gasteiger partial charge >= 0.3 is 6.16 Å². The summed E-state index contributed by atoms with van der Waals surface area (Å²) >= 11 is 0. The largest absolute Gasteiger partial charge is 0.412 e. The average molecular weight is 175 g/mol. The fourth-order valence-electron chi connectivity index (χ4n) is 0. The summed E-state index contributed by atoms with van der Waals surface area (Å²) in [7, 11) is 0. The van der Waals surface area contributed by atoms with Crippen LogP contribution in [0.25, 0.3) is 0 Å². The molecule has 0 aromatic heterocycles. The second kappa shape index (κ2) is 7.27. The van der Waals surface area contributed by atoms with Gasteiger partial charge < -0.3 is 31.4 Å². The molecule has 0 saturated carbocycles. The van der Waals surface area contributed by atoms with E-state index in [4.69, 9.17) is 20.4 Å². The van der Waals surface area contributed by atoms with E-state index in [1.807, 2.05) is 0 Å². The summed E-state index contributed by atoms with van der Waals surface area (Å²) in [6, 6.07) is 0. The third-order valence-corrected chi connectivity index (χ3v) is 0. The van der Waals surface area contributed by atoms with Crippen LogP contribution in [0.15, 0.2) is 0 Å². The zero-order valence-electron chi connectivity index (χ0n) is 3.62. The Labute approximate surface area is 55.2 Å². The van der Waals surface area contributed by atoms with Gasteiger partial charge in [0.05, 0.1) is 0 Å². The molecule has 0 aliphatic carbocycles. The Morgan fingerprint density at radius 3 is 0.750 bits per heavy atom. The molecule has 0 aromatic rings. The summed E-state index contributed by atoms with van der Waals surface area (Å²) in [6.45, 7) is 0. The van der Waals surface area contributed by atoms with Crippen LogP contribution < -0.4 is 0 Å². The van der Waals surface area contributed by atoms with E-state index in [0.717, 1.165) is 0 Å². The molecule has 0 aliphatic rings. The van der Waals surface area contributed by atoms with Crippen LogP contribution in [0.2, 0.25) is 0 Å². The van der Waals surface area contributed by atoms with Crippen molar-refractivity contribution in [3.63, 3.8) is 0 Å². The van der Waals surface area contributed by atoms with Crippen molar-refractivity contribution in [3.05, 3.63) is 0 Å². The molecule has 0 saturated heterocycles. The molecule has 7 heteroatoms. The van der Waals surface area contributed by atoms with Gasteiger partial charge in [0.25, 0.3) is 0 Å². The van der Waals surface area contributed by atoms with Crippen molar-refractivity contribution >= 4 is 0 Å². The molecule has 0 spiro atoms. The summed E-state index contributed by atoms with van der Waals surface area (Å²) in [5, 5.41) is 28.8. The Morgan fingerprint density at radius 2 is 0.750 bits per heavy atom. The second-order valence-corrected chi connectivity index (χ2v) is 0.600. The molecule has 8 N–H and O–H groups in total. The Kier molecular flexibility index (Phi) is 21.8. The van der Waals surface area contributed by atoms with E-state index in [0.29, 0.717) is 0 Å². The third-order valence-electron chi connectivity index (χ3n) is 0. The van der Waals surface area contributed by atoms with Crippen molar-refractivity contribution in [3.8, 4) is 0 Å². The van der Waals surface area contributed by atoms with Crippen LogP contribution in [0.5, 0.6) is 0 Å². The SMILES string of the molecule is O.O.OC(O)(O)O.[Co]. The van der Waals surface area contributed by atoms with Gasteiger partial charge in [-0.15, -0.1) is 0 Å². The van der Waals surface area contributed by atoms with Gasteiger partial charge in [0, 0.05) is 16.8 Å². The van der Waals surface area contributed by atoms with E-state index in [1.165, 1.54) is 0 Å². The van der Waals surface area contributed by atoms with Crippen LogP contribution in [-0.4, -0.2) is 37.5 Å². The minimum Gasteiger partial charge on any atom is -0.412 e. The average Bonchev–Trinajstić information content (AvgIpc) is 0.722. The first kappa shape index (κ1) is 24.0. The number of rotatable bonds is 0. The fraction of sp³-hybridized carbons (Fsp3) is 1.00. The molecule has 0 bridgehead atoms. The molecule has 0 heterocycles. The van der Waals surface area contributed by atoms with Gasteiger partial charge in [-0.05, 0) is 0 Å². The zero-order chi connectivity index (χ0) is 4.50. The van der Waals surface area contributed by atoms with Crippen molar-refractivity contribution in [2.45, 2.75) is 6.16 Å². The molecule has 57 valence electrons. The maximum atomic E-state index is 7.19. The standard InChI is InChI=1S/CH4O4.Co.2H2O/c2-1(3,4)5;;;/h2-5H;;2*1H2. The minimum atomic E-state index is -3.50. The van der Waals surface area contributed by atoms with Gasteiger partial charge in [0.1, 0.15) is 0 Å². The van der Waals surface area contributed by atoms with E-state index in [9.17, 15) is 0 Å². The fourth-order valence-corrected chi connectivity index (χ4v) is 0. The quantitative estimate of drug-likeness (QED) is 0.277. The monoisotopic (exact) mass is 175 g/mol. The number of aliphatic hydroxyl groups is 4. The second-order valence-electron chi connectivity index (χ2n) is 0.600. The molecule has 0 aromatic carbocycles. The van der Waals surface area contributed by atoms with Gasteiger partial charge in [-0.3, -0.25) is 0 Å². The van der Waals surface area contributed by atoms with Gasteiger partial charge in [-0.25, -0.2) is 0 Å². The predicted molar refractivity (Wildman–Crippen MR) is 18.8 cm³/mol. The van der Waals surface area contributed by atoms with Crippen LogP contribution in [0.1, 0.15) is 0 Å². The van der Waals surface area contributed by atoms with Crippen molar-refractivity contribution in [1.82, 2.24) is 0 Å². The van der Waals surface area contributed by atoms with Crippen LogP contribution in [0, 0.1) is 0 Å². The normalized spacial score (nSPS) is 7.50. The maximum absolute atomic E-state index is 7.19. The van der Waals surface area contributed by atoms with Crippen LogP contribution in [-0.2, 0) is 16.8 Å². The Morgan fingerprint density at radius 1 is 0.750 bits per heavy atom. The molecule has 0 fully saturated rings. The molecule has 1 radical (unpaired) electrons. The molecule has 0 unspecified atom stereocenters. The van der Waals surface area contributed by atoms with E-state index in [-0.39, 0.29) is 27.7 Å².